The van der Waals surface area contributed by atoms with E-state index in [1.165, 1.54) is 30.3 Å². The number of benzene rings is 2. The maximum absolute atomic E-state index is 13.8. The fourth-order valence-corrected chi connectivity index (χ4v) is 1.90. The summed E-state index contributed by atoms with van der Waals surface area (Å²) >= 11 is 0. The number of nitriles is 1. The first-order valence-electron chi connectivity index (χ1n) is 5.99. The number of rotatable bonds is 3. The van der Waals surface area contributed by atoms with Gasteiger partial charge in [-0.05, 0) is 43.3 Å². The van der Waals surface area contributed by atoms with Crippen molar-refractivity contribution in [3.63, 3.8) is 0 Å². The quantitative estimate of drug-likeness (QED) is 0.749. The molecule has 1 unspecified atom stereocenters. The van der Waals surface area contributed by atoms with Crippen LogP contribution >= 0.6 is 0 Å². The van der Waals surface area contributed by atoms with Crippen LogP contribution < -0.4 is 5.32 Å². The highest BCUT2D eigenvalue weighted by atomic mass is 19.1. The first-order valence-corrected chi connectivity index (χ1v) is 5.99. The van der Waals surface area contributed by atoms with Gasteiger partial charge in [0.05, 0.1) is 23.4 Å². The van der Waals surface area contributed by atoms with Crippen LogP contribution in [0.1, 0.15) is 24.1 Å². The largest absolute Gasteiger partial charge is 0.508 e. The van der Waals surface area contributed by atoms with Gasteiger partial charge >= 0.3 is 0 Å². The average molecular weight is 272 g/mol. The van der Waals surface area contributed by atoms with E-state index in [1.807, 2.05) is 6.07 Å². The van der Waals surface area contributed by atoms with E-state index in [-0.39, 0.29) is 22.7 Å². The van der Waals surface area contributed by atoms with Crippen LogP contribution in [0.5, 0.6) is 11.5 Å². The van der Waals surface area contributed by atoms with Gasteiger partial charge in [0.25, 0.3) is 0 Å². The Labute approximate surface area is 115 Å². The number of phenols is 2. The maximum Gasteiger partial charge on any atom is 0.147 e. The van der Waals surface area contributed by atoms with Crippen molar-refractivity contribution in [3.8, 4) is 17.6 Å². The lowest BCUT2D eigenvalue weighted by Crippen LogP contribution is -2.08. The van der Waals surface area contributed by atoms with Gasteiger partial charge in [-0.1, -0.05) is 0 Å². The van der Waals surface area contributed by atoms with Crippen molar-refractivity contribution < 1.29 is 14.6 Å². The Morgan fingerprint density at radius 2 is 1.95 bits per heavy atom. The van der Waals surface area contributed by atoms with Crippen molar-refractivity contribution in [1.29, 1.82) is 5.26 Å². The third-order valence-corrected chi connectivity index (χ3v) is 2.95. The van der Waals surface area contributed by atoms with Gasteiger partial charge in [-0.2, -0.15) is 5.26 Å². The lowest BCUT2D eigenvalue weighted by atomic mass is 10.1. The average Bonchev–Trinajstić information content (AvgIpc) is 2.43. The minimum absolute atomic E-state index is 0.0110. The molecule has 2 aromatic rings. The summed E-state index contributed by atoms with van der Waals surface area (Å²) in [5.74, 6) is -0.515. The van der Waals surface area contributed by atoms with Crippen LogP contribution in [0.25, 0.3) is 0 Å². The minimum atomic E-state index is -0.546. The van der Waals surface area contributed by atoms with Gasteiger partial charge in [0.15, 0.2) is 0 Å². The van der Waals surface area contributed by atoms with Gasteiger partial charge in [0, 0.05) is 5.56 Å². The summed E-state index contributed by atoms with van der Waals surface area (Å²) in [6.45, 7) is 1.73. The molecule has 0 spiro atoms. The molecule has 0 saturated heterocycles. The van der Waals surface area contributed by atoms with Crippen molar-refractivity contribution in [1.82, 2.24) is 0 Å². The summed E-state index contributed by atoms with van der Waals surface area (Å²) in [5, 5.41) is 30.7. The maximum atomic E-state index is 13.8. The van der Waals surface area contributed by atoms with Gasteiger partial charge in [-0.15, -0.1) is 0 Å². The Kier molecular flexibility index (Phi) is 3.76. The fraction of sp³-hybridized carbons (Fsp3) is 0.133. The lowest BCUT2D eigenvalue weighted by molar-refractivity contribution is 0.451. The second-order valence-electron chi connectivity index (χ2n) is 4.42. The Bertz CT molecular complexity index is 680. The standard InChI is InChI=1S/C15H13FN2O2/c1-9(12-7-11(19)3-5-15(12)20)18-14-4-2-10(8-17)6-13(14)16/h2-7,9,18-20H,1H3. The summed E-state index contributed by atoms with van der Waals surface area (Å²) < 4.78 is 13.8. The molecule has 4 nitrogen and oxygen atoms in total. The normalized spacial score (nSPS) is 11.7. The van der Waals surface area contributed by atoms with Crippen molar-refractivity contribution in [2.75, 3.05) is 5.32 Å². The molecule has 20 heavy (non-hydrogen) atoms. The summed E-state index contributed by atoms with van der Waals surface area (Å²) in [7, 11) is 0. The third-order valence-electron chi connectivity index (χ3n) is 2.95. The van der Waals surface area contributed by atoms with E-state index in [9.17, 15) is 14.6 Å². The van der Waals surface area contributed by atoms with Crippen LogP contribution in [-0.4, -0.2) is 10.2 Å². The molecule has 0 aromatic heterocycles. The van der Waals surface area contributed by atoms with Gasteiger partial charge in [0.1, 0.15) is 17.3 Å². The zero-order valence-corrected chi connectivity index (χ0v) is 10.8. The molecule has 0 aliphatic heterocycles. The van der Waals surface area contributed by atoms with E-state index >= 15 is 0 Å². The zero-order valence-electron chi connectivity index (χ0n) is 10.8. The number of hydrogen-bond donors (Lipinski definition) is 3. The fourth-order valence-electron chi connectivity index (χ4n) is 1.90. The number of anilines is 1. The molecule has 102 valence electrons. The Balaban J connectivity index is 2.26. The van der Waals surface area contributed by atoms with E-state index in [1.54, 1.807) is 6.92 Å². The molecule has 2 rings (SSSR count). The molecular weight excluding hydrogens is 259 g/mol. The van der Waals surface area contributed by atoms with E-state index in [2.05, 4.69) is 5.32 Å². The number of hydrogen-bond acceptors (Lipinski definition) is 4. The highest BCUT2D eigenvalue weighted by molar-refractivity contribution is 5.52. The zero-order chi connectivity index (χ0) is 14.7. The van der Waals surface area contributed by atoms with Crippen molar-refractivity contribution in [3.05, 3.63) is 53.3 Å². The summed E-state index contributed by atoms with van der Waals surface area (Å²) in [6.07, 6.45) is 0. The molecular formula is C15H13FN2O2. The first-order chi connectivity index (χ1) is 9.51. The van der Waals surface area contributed by atoms with E-state index in [0.29, 0.717) is 5.56 Å². The van der Waals surface area contributed by atoms with E-state index < -0.39 is 11.9 Å². The Morgan fingerprint density at radius 1 is 1.20 bits per heavy atom. The minimum Gasteiger partial charge on any atom is -0.508 e. The van der Waals surface area contributed by atoms with Crippen LogP contribution in [0.3, 0.4) is 0 Å². The molecule has 0 fully saturated rings. The van der Waals surface area contributed by atoms with Gasteiger partial charge in [-0.25, -0.2) is 4.39 Å². The molecule has 1 atom stereocenters. The summed E-state index contributed by atoms with van der Waals surface area (Å²) in [6, 6.07) is 9.70. The van der Waals surface area contributed by atoms with E-state index in [4.69, 9.17) is 5.26 Å². The van der Waals surface area contributed by atoms with Crippen molar-refractivity contribution in [2.45, 2.75) is 13.0 Å². The molecule has 0 radical (unpaired) electrons. The summed E-state index contributed by atoms with van der Waals surface area (Å²) in [4.78, 5) is 0. The van der Waals surface area contributed by atoms with Gasteiger partial charge in [-0.3, -0.25) is 0 Å². The molecule has 5 heteroatoms. The SMILES string of the molecule is CC(Nc1ccc(C#N)cc1F)c1cc(O)ccc1O. The monoisotopic (exact) mass is 272 g/mol. The highest BCUT2D eigenvalue weighted by Gasteiger charge is 2.13. The lowest BCUT2D eigenvalue weighted by Gasteiger charge is -2.17. The Morgan fingerprint density at radius 3 is 2.60 bits per heavy atom. The van der Waals surface area contributed by atoms with Crippen molar-refractivity contribution in [2.24, 2.45) is 0 Å². The van der Waals surface area contributed by atoms with Crippen LogP contribution in [0, 0.1) is 17.1 Å². The topological polar surface area (TPSA) is 76.3 Å². The number of nitrogens with zero attached hydrogens (tertiary/aromatic N) is 1. The molecule has 0 heterocycles. The predicted octanol–water partition coefficient (Wildman–Crippen LogP) is 3.28. The second kappa shape index (κ2) is 5.49. The highest BCUT2D eigenvalue weighted by Crippen LogP contribution is 2.30. The molecule has 3 N–H and O–H groups in total. The van der Waals surface area contributed by atoms with Crippen LogP contribution in [0.4, 0.5) is 10.1 Å². The first kappa shape index (κ1) is 13.7. The third kappa shape index (κ3) is 2.81. The number of halogens is 1. The van der Waals surface area contributed by atoms with Crippen LogP contribution in [0.2, 0.25) is 0 Å². The van der Waals surface area contributed by atoms with Crippen LogP contribution in [-0.2, 0) is 0 Å². The summed E-state index contributed by atoms with van der Waals surface area (Å²) in [5.41, 5.74) is 0.911. The molecule has 0 amide bonds. The van der Waals surface area contributed by atoms with Gasteiger partial charge < -0.3 is 15.5 Å². The molecule has 2 aromatic carbocycles. The Hall–Kier alpha value is -2.74. The van der Waals surface area contributed by atoms with Crippen LogP contribution in [0.15, 0.2) is 36.4 Å². The van der Waals surface area contributed by atoms with Gasteiger partial charge in [0.2, 0.25) is 0 Å². The molecule has 0 aliphatic carbocycles. The molecule has 0 aliphatic rings. The smallest absolute Gasteiger partial charge is 0.147 e. The number of aromatic hydroxyl groups is 2. The predicted molar refractivity (Wildman–Crippen MR) is 72.9 cm³/mol. The number of phenolic OH excluding ortho intramolecular Hbond substituents is 2. The second-order valence-corrected chi connectivity index (χ2v) is 4.42. The molecule has 0 saturated carbocycles. The number of nitrogens with one attached hydrogen (secondary N) is 1. The van der Waals surface area contributed by atoms with Crippen molar-refractivity contribution >= 4 is 5.69 Å². The van der Waals surface area contributed by atoms with E-state index in [0.717, 1.165) is 6.07 Å². The molecule has 0 bridgehead atoms.